The molecular weight excluding hydrogens is 386 g/mol. The molecule has 1 aliphatic carbocycles. The number of alkyl halides is 6. The fourth-order valence-electron chi connectivity index (χ4n) is 2.96. The Morgan fingerprint density at radius 1 is 1.07 bits per heavy atom. The van der Waals surface area contributed by atoms with E-state index in [9.17, 15) is 26.3 Å². The van der Waals surface area contributed by atoms with Gasteiger partial charge in [-0.25, -0.2) is 4.99 Å². The second kappa shape index (κ2) is 8.85. The summed E-state index contributed by atoms with van der Waals surface area (Å²) in [6, 6.07) is 0.938. The predicted molar refractivity (Wildman–Crippen MR) is 95.9 cm³/mol. The van der Waals surface area contributed by atoms with Crippen LogP contribution in [0.25, 0.3) is 0 Å². The van der Waals surface area contributed by atoms with E-state index < -0.39 is 23.5 Å². The first-order chi connectivity index (χ1) is 13.0. The molecule has 0 unspecified atom stereocenters. The molecule has 1 fully saturated rings. The zero-order chi connectivity index (χ0) is 20.9. The molecule has 10 heteroatoms. The minimum absolute atomic E-state index is 0.0506. The maximum atomic E-state index is 13.0. The van der Waals surface area contributed by atoms with E-state index in [1.807, 2.05) is 0 Å². The Balaban J connectivity index is 2.33. The third-order valence-corrected chi connectivity index (χ3v) is 4.37. The first kappa shape index (κ1) is 22.1. The van der Waals surface area contributed by atoms with Crippen LogP contribution in [0, 0.1) is 0 Å². The topological polar surface area (TPSA) is 62.4 Å². The van der Waals surface area contributed by atoms with E-state index in [0.29, 0.717) is 12.1 Å². The molecule has 0 bridgehead atoms. The molecule has 1 aromatic rings. The van der Waals surface area contributed by atoms with Crippen LogP contribution in [0.4, 0.5) is 32.0 Å². The molecule has 0 aliphatic heterocycles. The van der Waals surface area contributed by atoms with E-state index in [1.54, 1.807) is 0 Å². The molecule has 1 aliphatic rings. The van der Waals surface area contributed by atoms with Crippen LogP contribution in [-0.4, -0.2) is 24.6 Å². The number of nitrogens with one attached hydrogen (secondary N) is 2. The smallest absolute Gasteiger partial charge is 0.352 e. The summed E-state index contributed by atoms with van der Waals surface area (Å²) in [4.78, 5) is 4.11. The van der Waals surface area contributed by atoms with Gasteiger partial charge >= 0.3 is 12.4 Å². The molecule has 1 aromatic carbocycles. The van der Waals surface area contributed by atoms with Gasteiger partial charge in [-0.1, -0.05) is 18.9 Å². The van der Waals surface area contributed by atoms with Gasteiger partial charge < -0.3 is 16.4 Å². The molecular formula is C18H22F6N4. The molecule has 4 N–H and O–H groups in total. The van der Waals surface area contributed by atoms with Crippen LogP contribution >= 0.6 is 0 Å². The lowest BCUT2D eigenvalue weighted by Gasteiger charge is -2.30. The van der Waals surface area contributed by atoms with Crippen LogP contribution in [0.1, 0.15) is 36.8 Å². The number of benzene rings is 1. The summed E-state index contributed by atoms with van der Waals surface area (Å²) in [5.74, 6) is 0.0506. The number of aliphatic imine (C=N–C) groups is 1. The molecule has 0 radical (unpaired) electrons. The van der Waals surface area contributed by atoms with E-state index in [-0.39, 0.29) is 36.3 Å². The molecule has 2 atom stereocenters. The number of rotatable bonds is 4. The van der Waals surface area contributed by atoms with Gasteiger partial charge in [-0.3, -0.25) is 0 Å². The predicted octanol–water partition coefficient (Wildman–Crippen LogP) is 4.54. The maximum Gasteiger partial charge on any atom is 0.416 e. The summed E-state index contributed by atoms with van der Waals surface area (Å²) in [5.41, 5.74) is 2.87. The van der Waals surface area contributed by atoms with Crippen LogP contribution in [0.3, 0.4) is 0 Å². The Bertz CT molecular complexity index is 679. The largest absolute Gasteiger partial charge is 0.416 e. The van der Waals surface area contributed by atoms with Crippen LogP contribution < -0.4 is 16.4 Å². The number of hydrogen-bond acceptors (Lipinski definition) is 2. The Labute approximate surface area is 158 Å². The third kappa shape index (κ3) is 6.15. The molecule has 0 amide bonds. The highest BCUT2D eigenvalue weighted by atomic mass is 19.4. The number of nitrogens with two attached hydrogens (primary N) is 1. The normalized spacial score (nSPS) is 21.3. The lowest BCUT2D eigenvalue weighted by Crippen LogP contribution is -2.51. The van der Waals surface area contributed by atoms with E-state index in [0.717, 1.165) is 25.7 Å². The van der Waals surface area contributed by atoms with Crippen molar-refractivity contribution in [2.24, 2.45) is 10.7 Å². The minimum atomic E-state index is -4.92. The molecule has 2 rings (SSSR count). The summed E-state index contributed by atoms with van der Waals surface area (Å²) >= 11 is 0. The fourth-order valence-corrected chi connectivity index (χ4v) is 2.96. The molecule has 4 nitrogen and oxygen atoms in total. The van der Waals surface area contributed by atoms with Crippen molar-refractivity contribution in [3.63, 3.8) is 0 Å². The van der Waals surface area contributed by atoms with Crippen molar-refractivity contribution < 1.29 is 26.3 Å². The molecule has 156 valence electrons. The lowest BCUT2D eigenvalue weighted by molar-refractivity contribution is -0.143. The Hall–Kier alpha value is -2.23. The highest BCUT2D eigenvalue weighted by molar-refractivity contribution is 5.94. The third-order valence-electron chi connectivity index (χ3n) is 4.37. The zero-order valence-electron chi connectivity index (χ0n) is 15.0. The monoisotopic (exact) mass is 408 g/mol. The van der Waals surface area contributed by atoms with Crippen molar-refractivity contribution in [3.8, 4) is 0 Å². The summed E-state index contributed by atoms with van der Waals surface area (Å²) in [5, 5.41) is 5.55. The Morgan fingerprint density at radius 3 is 2.14 bits per heavy atom. The molecule has 0 saturated heterocycles. The van der Waals surface area contributed by atoms with Gasteiger partial charge in [0.2, 0.25) is 0 Å². The number of guanidine groups is 1. The molecule has 0 heterocycles. The second-order valence-electron chi connectivity index (χ2n) is 6.60. The minimum Gasteiger partial charge on any atom is -0.352 e. The number of anilines is 1. The van der Waals surface area contributed by atoms with Gasteiger partial charge in [0, 0.05) is 17.8 Å². The van der Waals surface area contributed by atoms with E-state index in [2.05, 4.69) is 22.2 Å². The van der Waals surface area contributed by atoms with Crippen LogP contribution in [0.2, 0.25) is 0 Å². The molecule has 0 aromatic heterocycles. The molecule has 0 spiro atoms. The van der Waals surface area contributed by atoms with Gasteiger partial charge in [0.1, 0.15) is 0 Å². The van der Waals surface area contributed by atoms with Gasteiger partial charge in [0.15, 0.2) is 5.96 Å². The van der Waals surface area contributed by atoms with Gasteiger partial charge in [-0.05, 0) is 31.0 Å². The van der Waals surface area contributed by atoms with Crippen molar-refractivity contribution >= 4 is 11.6 Å². The highest BCUT2D eigenvalue weighted by Gasteiger charge is 2.37. The molecule has 1 saturated carbocycles. The van der Waals surface area contributed by atoms with Gasteiger partial charge in [-0.15, -0.1) is 6.58 Å². The van der Waals surface area contributed by atoms with Gasteiger partial charge in [0.05, 0.1) is 17.7 Å². The number of halogens is 6. The van der Waals surface area contributed by atoms with Crippen molar-refractivity contribution in [1.29, 1.82) is 0 Å². The second-order valence-corrected chi connectivity index (χ2v) is 6.60. The summed E-state index contributed by atoms with van der Waals surface area (Å²) in [6.07, 6.45) is -5.00. The quantitative estimate of drug-likeness (QED) is 0.297. The SMILES string of the molecule is C=CCN=C(Nc1cc(C(F)(F)F)cc(C(F)(F)F)c1)N[C@H]1CCCC[C@@H]1N. The fraction of sp³-hybridized carbons (Fsp3) is 0.500. The Kier molecular flexibility index (Phi) is 6.97. The first-order valence-electron chi connectivity index (χ1n) is 8.74. The van der Waals surface area contributed by atoms with Gasteiger partial charge in [0.25, 0.3) is 0 Å². The summed E-state index contributed by atoms with van der Waals surface area (Å²) < 4.78 is 78.2. The maximum absolute atomic E-state index is 13.0. The standard InChI is InChI=1S/C18H22F6N4/c1-2-7-26-16(28-15-6-4-3-5-14(15)25)27-13-9-11(17(19,20)21)8-12(10-13)18(22,23)24/h2,8-10,14-15H,1,3-7,25H2,(H2,26,27,28)/t14-,15-/m0/s1. The van der Waals surface area contributed by atoms with Crippen LogP contribution in [0.5, 0.6) is 0 Å². The molecule has 28 heavy (non-hydrogen) atoms. The average Bonchev–Trinajstić information content (AvgIpc) is 2.60. The van der Waals surface area contributed by atoms with Crippen molar-refractivity contribution in [2.75, 3.05) is 11.9 Å². The zero-order valence-corrected chi connectivity index (χ0v) is 15.0. The number of nitrogens with zero attached hydrogens (tertiary/aromatic N) is 1. The van der Waals surface area contributed by atoms with Gasteiger partial charge in [-0.2, -0.15) is 26.3 Å². The number of hydrogen-bond donors (Lipinski definition) is 3. The van der Waals surface area contributed by atoms with E-state index in [4.69, 9.17) is 5.73 Å². The van der Waals surface area contributed by atoms with Crippen molar-refractivity contribution in [2.45, 2.75) is 50.1 Å². The highest BCUT2D eigenvalue weighted by Crippen LogP contribution is 2.37. The van der Waals surface area contributed by atoms with Crippen molar-refractivity contribution in [3.05, 3.63) is 42.0 Å². The van der Waals surface area contributed by atoms with Crippen molar-refractivity contribution in [1.82, 2.24) is 5.32 Å². The van der Waals surface area contributed by atoms with E-state index in [1.165, 1.54) is 6.08 Å². The lowest BCUT2D eigenvalue weighted by atomic mass is 9.91. The summed E-state index contributed by atoms with van der Waals surface area (Å²) in [6.45, 7) is 3.64. The average molecular weight is 408 g/mol. The van der Waals surface area contributed by atoms with Crippen LogP contribution in [0.15, 0.2) is 35.8 Å². The first-order valence-corrected chi connectivity index (χ1v) is 8.74. The Morgan fingerprint density at radius 2 is 1.64 bits per heavy atom. The summed E-state index contributed by atoms with van der Waals surface area (Å²) in [7, 11) is 0. The van der Waals surface area contributed by atoms with E-state index >= 15 is 0 Å². The van der Waals surface area contributed by atoms with Crippen LogP contribution in [-0.2, 0) is 12.4 Å².